The van der Waals surface area contributed by atoms with Crippen LogP contribution in [-0.2, 0) is 0 Å². The maximum absolute atomic E-state index is 12.6. The van der Waals surface area contributed by atoms with Gasteiger partial charge in [-0.1, -0.05) is 24.3 Å². The summed E-state index contributed by atoms with van der Waals surface area (Å²) in [6, 6.07) is 11.1. The van der Waals surface area contributed by atoms with E-state index < -0.39 is 0 Å². The molecule has 7 heteroatoms. The number of nitrogens with one attached hydrogen (secondary N) is 2. The average molecular weight is 342 g/mol. The highest BCUT2D eigenvalue weighted by Gasteiger charge is 2.19. The van der Waals surface area contributed by atoms with Crippen molar-refractivity contribution in [3.05, 3.63) is 62.7 Å². The van der Waals surface area contributed by atoms with E-state index in [9.17, 15) is 9.59 Å². The number of amides is 1. The van der Waals surface area contributed by atoms with E-state index in [-0.39, 0.29) is 23.2 Å². The minimum absolute atomic E-state index is 0.0861. The first kappa shape index (κ1) is 16.4. The standard InChI is InChI=1S/C17H18N4O2S/c1-21(2)13(14-8-5-9-24-14)10-18-17(23)15-11-6-3-4-7-12(11)16(22)20-19-15/h3-9,13H,10H2,1-2H3,(H,18,23)(H,20,22)/t13-/m1/s1. The summed E-state index contributed by atoms with van der Waals surface area (Å²) in [5.41, 5.74) is -0.0687. The van der Waals surface area contributed by atoms with E-state index in [1.54, 1.807) is 35.6 Å². The van der Waals surface area contributed by atoms with Gasteiger partial charge in [0, 0.05) is 16.8 Å². The predicted molar refractivity (Wildman–Crippen MR) is 95.4 cm³/mol. The van der Waals surface area contributed by atoms with Crippen LogP contribution >= 0.6 is 11.3 Å². The molecular formula is C17H18N4O2S. The summed E-state index contributed by atoms with van der Waals surface area (Å²) in [6.07, 6.45) is 0. The lowest BCUT2D eigenvalue weighted by molar-refractivity contribution is 0.0938. The molecule has 0 unspecified atom stereocenters. The average Bonchev–Trinajstić information content (AvgIpc) is 3.09. The van der Waals surface area contributed by atoms with Crippen molar-refractivity contribution in [3.8, 4) is 0 Å². The SMILES string of the molecule is CN(C)[C@H](CNC(=O)c1n[nH]c(=O)c2ccccc12)c1cccs1. The first-order valence-electron chi connectivity index (χ1n) is 7.53. The Hall–Kier alpha value is -2.51. The normalized spacial score (nSPS) is 12.5. The van der Waals surface area contributed by atoms with E-state index in [4.69, 9.17) is 0 Å². The lowest BCUT2D eigenvalue weighted by Gasteiger charge is -2.23. The molecule has 0 aliphatic carbocycles. The smallest absolute Gasteiger partial charge is 0.272 e. The van der Waals surface area contributed by atoms with Crippen LogP contribution in [0.15, 0.2) is 46.6 Å². The Morgan fingerprint density at radius 3 is 2.67 bits per heavy atom. The third-order valence-corrected chi connectivity index (χ3v) is 4.84. The number of H-pyrrole nitrogens is 1. The number of carbonyl (C=O) groups excluding carboxylic acids is 1. The molecule has 3 rings (SSSR count). The first-order valence-corrected chi connectivity index (χ1v) is 8.41. The predicted octanol–water partition coefficient (Wildman–Crippen LogP) is 2.02. The van der Waals surface area contributed by atoms with E-state index in [1.807, 2.05) is 25.5 Å². The van der Waals surface area contributed by atoms with Gasteiger partial charge in [-0.05, 0) is 31.6 Å². The van der Waals surface area contributed by atoms with Crippen LogP contribution in [0.25, 0.3) is 10.8 Å². The summed E-state index contributed by atoms with van der Waals surface area (Å²) in [7, 11) is 3.95. The van der Waals surface area contributed by atoms with Crippen molar-refractivity contribution in [2.75, 3.05) is 20.6 Å². The molecule has 1 aromatic carbocycles. The minimum Gasteiger partial charge on any atom is -0.349 e. The van der Waals surface area contributed by atoms with Crippen molar-refractivity contribution in [1.82, 2.24) is 20.4 Å². The molecule has 0 aliphatic heterocycles. The van der Waals surface area contributed by atoms with Gasteiger partial charge in [-0.3, -0.25) is 9.59 Å². The Morgan fingerprint density at radius 2 is 2.00 bits per heavy atom. The maximum atomic E-state index is 12.6. The zero-order chi connectivity index (χ0) is 17.1. The van der Waals surface area contributed by atoms with E-state index in [2.05, 4.69) is 26.5 Å². The Bertz CT molecular complexity index is 902. The molecule has 0 saturated heterocycles. The van der Waals surface area contributed by atoms with Crippen molar-refractivity contribution in [1.29, 1.82) is 0 Å². The van der Waals surface area contributed by atoms with Gasteiger partial charge in [0.15, 0.2) is 5.69 Å². The first-order chi connectivity index (χ1) is 11.6. The van der Waals surface area contributed by atoms with E-state index in [1.165, 1.54) is 4.88 Å². The second-order valence-corrected chi connectivity index (χ2v) is 6.63. The molecule has 124 valence electrons. The fourth-order valence-electron chi connectivity index (χ4n) is 2.58. The van der Waals surface area contributed by atoms with Gasteiger partial charge in [0.1, 0.15) is 0 Å². The summed E-state index contributed by atoms with van der Waals surface area (Å²) < 4.78 is 0. The Morgan fingerprint density at radius 1 is 1.25 bits per heavy atom. The second kappa shape index (κ2) is 6.94. The number of benzene rings is 1. The van der Waals surface area contributed by atoms with Gasteiger partial charge in [-0.25, -0.2) is 5.10 Å². The van der Waals surface area contributed by atoms with Crippen LogP contribution in [0.3, 0.4) is 0 Å². The van der Waals surface area contributed by atoms with Gasteiger partial charge in [0.25, 0.3) is 11.5 Å². The minimum atomic E-state index is -0.300. The van der Waals surface area contributed by atoms with E-state index in [0.717, 1.165) is 0 Å². The van der Waals surface area contributed by atoms with Gasteiger partial charge in [-0.2, -0.15) is 5.10 Å². The molecule has 0 radical (unpaired) electrons. The van der Waals surface area contributed by atoms with E-state index in [0.29, 0.717) is 17.3 Å². The number of hydrogen-bond acceptors (Lipinski definition) is 5. The number of carbonyl (C=O) groups is 1. The fraction of sp³-hybridized carbons (Fsp3) is 0.235. The molecular weight excluding hydrogens is 324 g/mol. The number of aromatic nitrogens is 2. The Labute approximate surface area is 143 Å². The molecule has 0 saturated carbocycles. The highest BCUT2D eigenvalue weighted by molar-refractivity contribution is 7.10. The summed E-state index contributed by atoms with van der Waals surface area (Å²) in [5, 5.41) is 12.3. The topological polar surface area (TPSA) is 78.1 Å². The molecule has 0 spiro atoms. The van der Waals surface area contributed by atoms with Crippen LogP contribution in [-0.4, -0.2) is 41.6 Å². The number of aromatic amines is 1. The summed E-state index contributed by atoms with van der Waals surface area (Å²) in [4.78, 5) is 27.6. The van der Waals surface area contributed by atoms with Crippen LogP contribution < -0.4 is 10.9 Å². The molecule has 24 heavy (non-hydrogen) atoms. The molecule has 6 nitrogen and oxygen atoms in total. The lowest BCUT2D eigenvalue weighted by Crippen LogP contribution is -2.35. The zero-order valence-corrected chi connectivity index (χ0v) is 14.3. The molecule has 1 amide bonds. The zero-order valence-electron chi connectivity index (χ0n) is 13.4. The van der Waals surface area contributed by atoms with Crippen LogP contribution in [0, 0.1) is 0 Å². The lowest BCUT2D eigenvalue weighted by atomic mass is 10.1. The Kier molecular flexibility index (Phi) is 4.73. The molecule has 3 aromatic rings. The van der Waals surface area contributed by atoms with Gasteiger partial charge in [-0.15, -0.1) is 11.3 Å². The third-order valence-electron chi connectivity index (χ3n) is 3.86. The summed E-state index contributed by atoms with van der Waals surface area (Å²) in [6.45, 7) is 0.460. The Balaban J connectivity index is 1.83. The van der Waals surface area contributed by atoms with Crippen LogP contribution in [0.5, 0.6) is 0 Å². The highest BCUT2D eigenvalue weighted by Crippen LogP contribution is 2.22. The maximum Gasteiger partial charge on any atom is 0.272 e. The van der Waals surface area contributed by atoms with Crippen molar-refractivity contribution >= 4 is 28.0 Å². The number of nitrogens with zero attached hydrogens (tertiary/aromatic N) is 2. The van der Waals surface area contributed by atoms with Gasteiger partial charge in [0.05, 0.1) is 11.4 Å². The number of fused-ring (bicyclic) bond motifs is 1. The monoisotopic (exact) mass is 342 g/mol. The van der Waals surface area contributed by atoms with Gasteiger partial charge in [0.2, 0.25) is 0 Å². The highest BCUT2D eigenvalue weighted by atomic mass is 32.1. The number of thiophene rings is 1. The largest absolute Gasteiger partial charge is 0.349 e. The molecule has 0 aliphatic rings. The quantitative estimate of drug-likeness (QED) is 0.743. The fourth-order valence-corrected chi connectivity index (χ4v) is 3.50. The van der Waals surface area contributed by atoms with Crippen LogP contribution in [0.4, 0.5) is 0 Å². The van der Waals surface area contributed by atoms with Crippen molar-refractivity contribution in [2.24, 2.45) is 0 Å². The van der Waals surface area contributed by atoms with Crippen LogP contribution in [0.1, 0.15) is 21.4 Å². The molecule has 2 aromatic heterocycles. The molecule has 2 N–H and O–H groups in total. The third kappa shape index (κ3) is 3.22. The summed E-state index contributed by atoms with van der Waals surface area (Å²) >= 11 is 1.66. The van der Waals surface area contributed by atoms with E-state index >= 15 is 0 Å². The van der Waals surface area contributed by atoms with Crippen LogP contribution in [0.2, 0.25) is 0 Å². The molecule has 0 fully saturated rings. The number of rotatable bonds is 5. The summed E-state index contributed by atoms with van der Waals surface area (Å²) in [5.74, 6) is -0.300. The van der Waals surface area contributed by atoms with Gasteiger partial charge < -0.3 is 10.2 Å². The molecule has 0 bridgehead atoms. The second-order valence-electron chi connectivity index (χ2n) is 5.65. The molecule has 1 atom stereocenters. The van der Waals surface area contributed by atoms with Crippen molar-refractivity contribution < 1.29 is 4.79 Å². The number of hydrogen-bond donors (Lipinski definition) is 2. The molecule has 2 heterocycles. The van der Waals surface area contributed by atoms with Crippen molar-refractivity contribution in [3.63, 3.8) is 0 Å². The number of likely N-dealkylation sites (N-methyl/N-ethyl adjacent to an activating group) is 1. The van der Waals surface area contributed by atoms with Crippen molar-refractivity contribution in [2.45, 2.75) is 6.04 Å². The van der Waals surface area contributed by atoms with Gasteiger partial charge >= 0.3 is 0 Å².